The Morgan fingerprint density at radius 2 is 1.92 bits per heavy atom. The number of benzene rings is 2. The van der Waals surface area contributed by atoms with Gasteiger partial charge in [-0.1, -0.05) is 42.5 Å². The van der Waals surface area contributed by atoms with E-state index in [1.807, 2.05) is 30.3 Å². The highest BCUT2D eigenvalue weighted by atomic mass is 19.1. The van der Waals surface area contributed by atoms with E-state index in [2.05, 4.69) is 0 Å². The van der Waals surface area contributed by atoms with Crippen molar-refractivity contribution < 1.29 is 23.8 Å². The highest BCUT2D eigenvalue weighted by molar-refractivity contribution is 5.78. The van der Waals surface area contributed by atoms with Crippen LogP contribution in [0.5, 0.6) is 5.75 Å². The maximum absolute atomic E-state index is 13.6. The van der Waals surface area contributed by atoms with Gasteiger partial charge >= 0.3 is 0 Å². The Labute approximate surface area is 152 Å². The van der Waals surface area contributed by atoms with Gasteiger partial charge in [-0.15, -0.1) is 0 Å². The first kappa shape index (κ1) is 18.4. The normalized spacial score (nSPS) is 20.0. The number of aliphatic hydroxyl groups excluding tert-OH is 1. The van der Waals surface area contributed by atoms with E-state index in [9.17, 15) is 14.3 Å². The molecule has 1 N–H and O–H groups in total. The van der Waals surface area contributed by atoms with E-state index in [0.717, 1.165) is 5.56 Å². The number of carbonyl (C=O) groups excluding carboxylic acids is 1. The Morgan fingerprint density at radius 1 is 1.19 bits per heavy atom. The minimum absolute atomic E-state index is 0.0480. The monoisotopic (exact) mass is 359 g/mol. The quantitative estimate of drug-likeness (QED) is 0.858. The molecule has 5 nitrogen and oxygen atoms in total. The number of aliphatic hydroxyl groups is 1. The van der Waals surface area contributed by atoms with E-state index in [4.69, 9.17) is 9.47 Å². The molecular formula is C20H22FNO4. The van der Waals surface area contributed by atoms with Crippen LogP contribution in [0.15, 0.2) is 54.6 Å². The van der Waals surface area contributed by atoms with Crippen molar-refractivity contribution in [2.24, 2.45) is 0 Å². The molecule has 6 heteroatoms. The maximum Gasteiger partial charge on any atom is 0.260 e. The molecule has 26 heavy (non-hydrogen) atoms. The minimum Gasteiger partial charge on any atom is -0.481 e. The zero-order chi connectivity index (χ0) is 18.4. The number of nitrogens with zero attached hydrogens (tertiary/aromatic N) is 1. The van der Waals surface area contributed by atoms with E-state index in [-0.39, 0.29) is 31.4 Å². The van der Waals surface area contributed by atoms with E-state index in [1.165, 1.54) is 12.1 Å². The first-order valence-corrected chi connectivity index (χ1v) is 8.56. The van der Waals surface area contributed by atoms with Crippen molar-refractivity contribution in [1.29, 1.82) is 0 Å². The van der Waals surface area contributed by atoms with Crippen molar-refractivity contribution >= 4 is 5.91 Å². The molecule has 138 valence electrons. The lowest BCUT2D eigenvalue weighted by molar-refractivity contribution is -0.159. The summed E-state index contributed by atoms with van der Waals surface area (Å²) in [5.74, 6) is -0.717. The molecule has 3 rings (SSSR count). The standard InChI is InChI=1S/C20H22FNO4/c21-17-8-4-5-9-18(17)25-13-19(24)22-10-11-26-20(14-22,15-23)12-16-6-2-1-3-7-16/h1-9,23H,10-15H2/t20-/m1/s1. The molecule has 0 saturated carbocycles. The van der Waals surface area contributed by atoms with Crippen LogP contribution in [0.4, 0.5) is 4.39 Å². The average molecular weight is 359 g/mol. The molecule has 0 radical (unpaired) electrons. The average Bonchev–Trinajstić information content (AvgIpc) is 2.68. The maximum atomic E-state index is 13.6. The molecule has 1 heterocycles. The Balaban J connectivity index is 1.63. The number of rotatable bonds is 6. The van der Waals surface area contributed by atoms with Gasteiger partial charge in [-0.3, -0.25) is 4.79 Å². The van der Waals surface area contributed by atoms with Gasteiger partial charge in [0.15, 0.2) is 18.2 Å². The molecule has 0 unspecified atom stereocenters. The smallest absolute Gasteiger partial charge is 0.260 e. The van der Waals surface area contributed by atoms with Crippen LogP contribution >= 0.6 is 0 Å². The van der Waals surface area contributed by atoms with Crippen LogP contribution in [0.2, 0.25) is 0 Å². The van der Waals surface area contributed by atoms with Crippen molar-refractivity contribution in [3.63, 3.8) is 0 Å². The number of amides is 1. The lowest BCUT2D eigenvalue weighted by Crippen LogP contribution is -2.57. The number of halogens is 1. The lowest BCUT2D eigenvalue weighted by Gasteiger charge is -2.41. The van der Waals surface area contributed by atoms with Crippen LogP contribution in [0.1, 0.15) is 5.56 Å². The summed E-state index contributed by atoms with van der Waals surface area (Å²) in [5, 5.41) is 9.90. The van der Waals surface area contributed by atoms with Gasteiger partial charge in [-0.05, 0) is 17.7 Å². The number of morpholine rings is 1. The second kappa shape index (κ2) is 8.29. The highest BCUT2D eigenvalue weighted by Crippen LogP contribution is 2.23. The third-order valence-corrected chi connectivity index (χ3v) is 4.45. The second-order valence-electron chi connectivity index (χ2n) is 6.39. The number of hydrogen-bond acceptors (Lipinski definition) is 4. The van der Waals surface area contributed by atoms with Crippen LogP contribution in [0.25, 0.3) is 0 Å². The summed E-state index contributed by atoms with van der Waals surface area (Å²) in [4.78, 5) is 14.1. The predicted molar refractivity (Wildman–Crippen MR) is 94.4 cm³/mol. The fourth-order valence-corrected chi connectivity index (χ4v) is 3.08. The summed E-state index contributed by atoms with van der Waals surface area (Å²) in [6.45, 7) is 0.556. The molecule has 1 fully saturated rings. The number of hydrogen-bond donors (Lipinski definition) is 1. The molecule has 2 aromatic carbocycles. The molecule has 0 bridgehead atoms. The van der Waals surface area contributed by atoms with Crippen LogP contribution < -0.4 is 4.74 Å². The van der Waals surface area contributed by atoms with Crippen molar-refractivity contribution in [2.45, 2.75) is 12.0 Å². The Bertz CT molecular complexity index is 740. The lowest BCUT2D eigenvalue weighted by atomic mass is 9.93. The number of para-hydroxylation sites is 1. The SMILES string of the molecule is O=C(COc1ccccc1F)N1CCO[C@](CO)(Cc2ccccc2)C1. The molecule has 0 spiro atoms. The fraction of sp³-hybridized carbons (Fsp3) is 0.350. The zero-order valence-corrected chi connectivity index (χ0v) is 14.4. The molecule has 2 aromatic rings. The van der Waals surface area contributed by atoms with Gasteiger partial charge in [0, 0.05) is 13.0 Å². The third kappa shape index (κ3) is 4.39. The molecule has 1 atom stereocenters. The van der Waals surface area contributed by atoms with E-state index in [1.54, 1.807) is 17.0 Å². The van der Waals surface area contributed by atoms with Crippen LogP contribution in [0, 0.1) is 5.82 Å². The van der Waals surface area contributed by atoms with Gasteiger partial charge in [0.2, 0.25) is 0 Å². The van der Waals surface area contributed by atoms with Gasteiger partial charge in [0.25, 0.3) is 5.91 Å². The van der Waals surface area contributed by atoms with E-state index >= 15 is 0 Å². The molecule has 1 aliphatic rings. The largest absolute Gasteiger partial charge is 0.481 e. The van der Waals surface area contributed by atoms with Crippen molar-refractivity contribution in [3.8, 4) is 5.75 Å². The third-order valence-electron chi connectivity index (χ3n) is 4.45. The minimum atomic E-state index is -0.840. The summed E-state index contributed by atoms with van der Waals surface area (Å²) in [7, 11) is 0. The van der Waals surface area contributed by atoms with Gasteiger partial charge in [0.1, 0.15) is 5.60 Å². The van der Waals surface area contributed by atoms with Crippen LogP contribution in [-0.2, 0) is 16.0 Å². The molecule has 1 amide bonds. The second-order valence-corrected chi connectivity index (χ2v) is 6.39. The van der Waals surface area contributed by atoms with E-state index in [0.29, 0.717) is 19.6 Å². The summed E-state index contributed by atoms with van der Waals surface area (Å²) in [5.41, 5.74) is 0.186. The summed E-state index contributed by atoms with van der Waals surface area (Å²) in [6.07, 6.45) is 0.502. The highest BCUT2D eigenvalue weighted by Gasteiger charge is 2.38. The summed E-state index contributed by atoms with van der Waals surface area (Å²) < 4.78 is 24.7. The van der Waals surface area contributed by atoms with Crippen LogP contribution in [-0.4, -0.2) is 54.4 Å². The molecule has 0 aliphatic carbocycles. The van der Waals surface area contributed by atoms with Crippen molar-refractivity contribution in [2.75, 3.05) is 32.9 Å². The topological polar surface area (TPSA) is 59.0 Å². The number of carbonyl (C=O) groups is 1. The van der Waals surface area contributed by atoms with Gasteiger partial charge < -0.3 is 19.5 Å². The Morgan fingerprint density at radius 3 is 2.65 bits per heavy atom. The first-order valence-electron chi connectivity index (χ1n) is 8.56. The summed E-state index contributed by atoms with van der Waals surface area (Å²) >= 11 is 0. The Kier molecular flexibility index (Phi) is 5.85. The van der Waals surface area contributed by atoms with Gasteiger partial charge in [-0.2, -0.15) is 0 Å². The first-order chi connectivity index (χ1) is 12.6. The predicted octanol–water partition coefficient (Wildman–Crippen LogP) is 2.04. The number of ether oxygens (including phenoxy) is 2. The van der Waals surface area contributed by atoms with Crippen molar-refractivity contribution in [1.82, 2.24) is 4.90 Å². The van der Waals surface area contributed by atoms with Gasteiger partial charge in [0.05, 0.1) is 19.8 Å². The van der Waals surface area contributed by atoms with Gasteiger partial charge in [-0.25, -0.2) is 4.39 Å². The molecule has 0 aromatic heterocycles. The molecular weight excluding hydrogens is 337 g/mol. The molecule has 1 saturated heterocycles. The van der Waals surface area contributed by atoms with Crippen molar-refractivity contribution in [3.05, 3.63) is 66.0 Å². The Hall–Kier alpha value is -2.44. The van der Waals surface area contributed by atoms with Crippen LogP contribution in [0.3, 0.4) is 0 Å². The van der Waals surface area contributed by atoms with E-state index < -0.39 is 11.4 Å². The molecule has 1 aliphatic heterocycles. The zero-order valence-electron chi connectivity index (χ0n) is 14.4. The fourth-order valence-electron chi connectivity index (χ4n) is 3.08. The summed E-state index contributed by atoms with van der Waals surface area (Å²) in [6, 6.07) is 15.7.